The number of nitrogens with one attached hydrogen (secondary N) is 1. The minimum atomic E-state index is 0.208. The first-order valence-electron chi connectivity index (χ1n) is 4.97. The maximum absolute atomic E-state index is 5.80. The molecule has 0 radical (unpaired) electrons. The first-order valence-corrected chi connectivity index (χ1v) is 6.64. The second-order valence-corrected chi connectivity index (χ2v) is 5.42. The number of anilines is 1. The number of hydrogen-bond donors (Lipinski definition) is 2. The van der Waals surface area contributed by atoms with Crippen LogP contribution in [0.4, 0.5) is 5.69 Å². The van der Waals surface area contributed by atoms with Crippen LogP contribution in [-0.2, 0) is 0 Å². The van der Waals surface area contributed by atoms with Crippen LogP contribution >= 0.6 is 27.3 Å². The number of nitrogen functional groups attached to an aromatic ring is 1. The van der Waals surface area contributed by atoms with E-state index in [4.69, 9.17) is 5.73 Å². The van der Waals surface area contributed by atoms with E-state index < -0.39 is 0 Å². The molecule has 2 aromatic rings. The van der Waals surface area contributed by atoms with Gasteiger partial charge >= 0.3 is 0 Å². The highest BCUT2D eigenvalue weighted by molar-refractivity contribution is 9.10. The van der Waals surface area contributed by atoms with Gasteiger partial charge in [0.05, 0.1) is 6.04 Å². The van der Waals surface area contributed by atoms with E-state index in [1.54, 1.807) is 11.3 Å². The lowest BCUT2D eigenvalue weighted by Crippen LogP contribution is -2.16. The van der Waals surface area contributed by atoms with Gasteiger partial charge in [-0.1, -0.05) is 12.1 Å². The van der Waals surface area contributed by atoms with E-state index in [2.05, 4.69) is 38.8 Å². The molecule has 0 aliphatic heterocycles. The summed E-state index contributed by atoms with van der Waals surface area (Å²) >= 11 is 5.21. The van der Waals surface area contributed by atoms with Gasteiger partial charge in [-0.05, 0) is 46.7 Å². The predicted octanol–water partition coefficient (Wildman–Crippen LogP) is 3.40. The highest BCUT2D eigenvalue weighted by Crippen LogP contribution is 2.30. The molecule has 2 rings (SSSR count). The molecule has 3 N–H and O–H groups in total. The summed E-state index contributed by atoms with van der Waals surface area (Å²) in [4.78, 5) is 1.28. The molecule has 0 fully saturated rings. The number of nitrogens with two attached hydrogens (primary N) is 1. The van der Waals surface area contributed by atoms with Crippen LogP contribution in [0.1, 0.15) is 16.5 Å². The fraction of sp³-hybridized carbons (Fsp3) is 0.167. The van der Waals surface area contributed by atoms with Gasteiger partial charge < -0.3 is 11.1 Å². The Morgan fingerprint density at radius 1 is 1.38 bits per heavy atom. The second-order valence-electron chi connectivity index (χ2n) is 3.56. The van der Waals surface area contributed by atoms with Crippen molar-refractivity contribution in [3.05, 3.63) is 50.6 Å². The number of thiophene rings is 1. The van der Waals surface area contributed by atoms with Gasteiger partial charge in [0.15, 0.2) is 0 Å². The molecule has 0 aliphatic carbocycles. The molecular weight excluding hydrogens is 284 g/mol. The molecule has 0 bridgehead atoms. The largest absolute Gasteiger partial charge is 0.399 e. The Labute approximate surface area is 108 Å². The molecule has 1 heterocycles. The Morgan fingerprint density at radius 3 is 2.75 bits per heavy atom. The minimum absolute atomic E-state index is 0.208. The number of benzene rings is 1. The molecule has 16 heavy (non-hydrogen) atoms. The zero-order chi connectivity index (χ0) is 11.5. The first-order chi connectivity index (χ1) is 7.70. The van der Waals surface area contributed by atoms with Crippen LogP contribution in [0, 0.1) is 0 Å². The minimum Gasteiger partial charge on any atom is -0.399 e. The lowest BCUT2D eigenvalue weighted by molar-refractivity contribution is 0.704. The van der Waals surface area contributed by atoms with Crippen molar-refractivity contribution < 1.29 is 0 Å². The molecule has 2 nitrogen and oxygen atoms in total. The highest BCUT2D eigenvalue weighted by Gasteiger charge is 2.13. The fourth-order valence-electron chi connectivity index (χ4n) is 1.69. The second kappa shape index (κ2) is 4.99. The summed E-state index contributed by atoms with van der Waals surface area (Å²) < 4.78 is 1.12. The quantitative estimate of drug-likeness (QED) is 0.852. The van der Waals surface area contributed by atoms with Gasteiger partial charge in [0.2, 0.25) is 0 Å². The fourth-order valence-corrected chi connectivity index (χ4v) is 3.27. The summed E-state index contributed by atoms with van der Waals surface area (Å²) in [6.07, 6.45) is 0. The van der Waals surface area contributed by atoms with Crippen LogP contribution in [0.25, 0.3) is 0 Å². The predicted molar refractivity (Wildman–Crippen MR) is 73.8 cm³/mol. The molecule has 0 aliphatic rings. The maximum atomic E-state index is 5.80. The number of halogens is 1. The van der Waals surface area contributed by atoms with Gasteiger partial charge in [-0.25, -0.2) is 0 Å². The summed E-state index contributed by atoms with van der Waals surface area (Å²) in [6, 6.07) is 10.3. The van der Waals surface area contributed by atoms with Gasteiger partial charge in [-0.2, -0.15) is 0 Å². The molecule has 4 heteroatoms. The Hall–Kier alpha value is -0.840. The van der Waals surface area contributed by atoms with Crippen molar-refractivity contribution in [2.45, 2.75) is 6.04 Å². The molecule has 1 atom stereocenters. The lowest BCUT2D eigenvalue weighted by Gasteiger charge is -2.15. The van der Waals surface area contributed by atoms with Gasteiger partial charge in [0.25, 0.3) is 0 Å². The lowest BCUT2D eigenvalue weighted by atomic mass is 10.1. The summed E-state index contributed by atoms with van der Waals surface area (Å²) in [5.74, 6) is 0. The topological polar surface area (TPSA) is 38.0 Å². The van der Waals surface area contributed by atoms with E-state index in [0.717, 1.165) is 10.2 Å². The van der Waals surface area contributed by atoms with Gasteiger partial charge in [0, 0.05) is 20.4 Å². The van der Waals surface area contributed by atoms with Crippen molar-refractivity contribution in [2.75, 3.05) is 12.8 Å². The van der Waals surface area contributed by atoms with Crippen molar-refractivity contribution in [1.29, 1.82) is 0 Å². The molecule has 1 unspecified atom stereocenters. The zero-order valence-electron chi connectivity index (χ0n) is 8.91. The van der Waals surface area contributed by atoms with Gasteiger partial charge in [-0.3, -0.25) is 0 Å². The first kappa shape index (κ1) is 11.6. The van der Waals surface area contributed by atoms with E-state index in [0.29, 0.717) is 0 Å². The van der Waals surface area contributed by atoms with Crippen molar-refractivity contribution in [3.63, 3.8) is 0 Å². The summed E-state index contributed by atoms with van der Waals surface area (Å²) in [7, 11) is 1.96. The van der Waals surface area contributed by atoms with Crippen LogP contribution in [0.15, 0.2) is 40.2 Å². The number of rotatable bonds is 3. The molecular formula is C12H13BrN2S. The van der Waals surface area contributed by atoms with Crippen LogP contribution in [0.2, 0.25) is 0 Å². The van der Waals surface area contributed by atoms with Crippen LogP contribution in [0.3, 0.4) is 0 Å². The summed E-state index contributed by atoms with van der Waals surface area (Å²) in [5.41, 5.74) is 7.79. The van der Waals surface area contributed by atoms with E-state index in [1.807, 2.05) is 25.2 Å². The third-order valence-corrected chi connectivity index (χ3v) is 4.16. The standard InChI is InChI=1S/C12H13BrN2S/c1-15-12(11-6-9(13)7-16-11)8-3-2-4-10(14)5-8/h2-7,12,15H,14H2,1H3. The van der Waals surface area contributed by atoms with Crippen LogP contribution in [0.5, 0.6) is 0 Å². The average molecular weight is 297 g/mol. The maximum Gasteiger partial charge on any atom is 0.0669 e. The monoisotopic (exact) mass is 296 g/mol. The molecule has 1 aromatic heterocycles. The van der Waals surface area contributed by atoms with Crippen LogP contribution < -0.4 is 11.1 Å². The smallest absolute Gasteiger partial charge is 0.0669 e. The molecule has 0 saturated heterocycles. The molecule has 0 amide bonds. The van der Waals surface area contributed by atoms with E-state index >= 15 is 0 Å². The van der Waals surface area contributed by atoms with E-state index in [-0.39, 0.29) is 6.04 Å². The molecule has 84 valence electrons. The zero-order valence-corrected chi connectivity index (χ0v) is 11.3. The van der Waals surface area contributed by atoms with Crippen molar-refractivity contribution in [3.8, 4) is 0 Å². The third-order valence-electron chi connectivity index (χ3n) is 2.40. The Morgan fingerprint density at radius 2 is 2.19 bits per heavy atom. The van der Waals surface area contributed by atoms with Crippen molar-refractivity contribution >= 4 is 33.0 Å². The Bertz CT molecular complexity index is 481. The summed E-state index contributed by atoms with van der Waals surface area (Å²) in [5, 5.41) is 5.40. The molecule has 1 aromatic carbocycles. The third kappa shape index (κ3) is 2.45. The Kier molecular flexibility index (Phi) is 3.63. The SMILES string of the molecule is CNC(c1cccc(N)c1)c1cc(Br)cs1. The summed E-state index contributed by atoms with van der Waals surface area (Å²) in [6.45, 7) is 0. The van der Waals surface area contributed by atoms with Crippen molar-refractivity contribution in [1.82, 2.24) is 5.32 Å². The normalized spacial score (nSPS) is 12.6. The van der Waals surface area contributed by atoms with E-state index in [1.165, 1.54) is 10.4 Å². The average Bonchev–Trinajstić information content (AvgIpc) is 2.66. The number of hydrogen-bond acceptors (Lipinski definition) is 3. The molecule has 0 saturated carbocycles. The van der Waals surface area contributed by atoms with Gasteiger partial charge in [-0.15, -0.1) is 11.3 Å². The van der Waals surface area contributed by atoms with Crippen LogP contribution in [-0.4, -0.2) is 7.05 Å². The van der Waals surface area contributed by atoms with Gasteiger partial charge in [0.1, 0.15) is 0 Å². The van der Waals surface area contributed by atoms with E-state index in [9.17, 15) is 0 Å². The highest BCUT2D eigenvalue weighted by atomic mass is 79.9. The molecule has 0 spiro atoms. The van der Waals surface area contributed by atoms with Crippen molar-refractivity contribution in [2.24, 2.45) is 0 Å². The Balaban J connectivity index is 2.36.